The second kappa shape index (κ2) is 10.4. The molecule has 0 bridgehead atoms. The van der Waals surface area contributed by atoms with Crippen LogP contribution >= 0.6 is 0 Å². The number of aliphatic hydroxyl groups excluding tert-OH is 3. The van der Waals surface area contributed by atoms with E-state index in [1.165, 1.54) is 0 Å². The molecule has 9 nitrogen and oxygen atoms in total. The first-order chi connectivity index (χ1) is 13.0. The molecule has 1 saturated heterocycles. The van der Waals surface area contributed by atoms with Gasteiger partial charge in [-0.15, -0.1) is 0 Å². The molecule has 1 aliphatic rings. The van der Waals surface area contributed by atoms with Crippen molar-refractivity contribution < 1.29 is 34.3 Å². The van der Waals surface area contributed by atoms with E-state index in [0.717, 1.165) is 12.8 Å². The fourth-order valence-electron chi connectivity index (χ4n) is 2.66. The van der Waals surface area contributed by atoms with E-state index in [9.17, 15) is 20.1 Å². The average molecular weight is 384 g/mol. The van der Waals surface area contributed by atoms with Crippen molar-refractivity contribution in [3.63, 3.8) is 0 Å². The molecule has 0 spiro atoms. The monoisotopic (exact) mass is 384 g/mol. The van der Waals surface area contributed by atoms with E-state index in [0.29, 0.717) is 18.0 Å². The van der Waals surface area contributed by atoms with Crippen molar-refractivity contribution in [2.75, 3.05) is 25.5 Å². The van der Waals surface area contributed by atoms with Crippen LogP contribution in [0.1, 0.15) is 19.8 Å². The quantitative estimate of drug-likeness (QED) is 0.280. The largest absolute Gasteiger partial charge is 0.462 e. The molecule has 2 rings (SSSR count). The number of nitrogens with two attached hydrogens (primary N) is 1. The Balaban J connectivity index is 1.99. The highest BCUT2D eigenvalue weighted by molar-refractivity contribution is 5.77. The van der Waals surface area contributed by atoms with E-state index in [4.69, 9.17) is 19.9 Å². The fourth-order valence-corrected chi connectivity index (χ4v) is 2.66. The van der Waals surface area contributed by atoms with Gasteiger partial charge in [-0.3, -0.25) is 4.79 Å². The second-order valence-electron chi connectivity index (χ2n) is 6.37. The molecule has 0 saturated carbocycles. The third kappa shape index (κ3) is 6.05. The summed E-state index contributed by atoms with van der Waals surface area (Å²) >= 11 is 0. The summed E-state index contributed by atoms with van der Waals surface area (Å²) in [5.74, 6) is 0.0308. The molecule has 1 aliphatic heterocycles. The highest BCUT2D eigenvalue weighted by Gasteiger charge is 2.46. The van der Waals surface area contributed by atoms with Gasteiger partial charge in [0.1, 0.15) is 36.8 Å². The third-order valence-corrected chi connectivity index (χ3v) is 4.21. The Hall–Kier alpha value is -1.91. The maximum Gasteiger partial charge on any atom is 0.246 e. The van der Waals surface area contributed by atoms with Crippen LogP contribution in [0, 0.1) is 0 Å². The van der Waals surface area contributed by atoms with E-state index in [1.54, 1.807) is 24.3 Å². The van der Waals surface area contributed by atoms with Gasteiger partial charge >= 0.3 is 0 Å². The summed E-state index contributed by atoms with van der Waals surface area (Å²) in [6.07, 6.45) is -4.28. The highest BCUT2D eigenvalue weighted by atomic mass is 16.7. The number of carbonyl (C=O) groups is 1. The second-order valence-corrected chi connectivity index (χ2v) is 6.37. The van der Waals surface area contributed by atoms with Gasteiger partial charge < -0.3 is 40.6 Å². The van der Waals surface area contributed by atoms with E-state index in [1.807, 2.05) is 6.92 Å². The predicted molar refractivity (Wildman–Crippen MR) is 96.9 cm³/mol. The van der Waals surface area contributed by atoms with Gasteiger partial charge in [0.05, 0.1) is 6.61 Å². The SMILES string of the molecule is CCCCNC(=O)CO[C@H]1[C@@H](O)[C@@H](CO)O[C@@H](Oc2ccc(N)cc2)[C@@H]1O. The van der Waals surface area contributed by atoms with Crippen molar-refractivity contribution in [1.29, 1.82) is 0 Å². The Labute approximate surface area is 158 Å². The molecule has 5 atom stereocenters. The van der Waals surface area contributed by atoms with Crippen molar-refractivity contribution in [3.05, 3.63) is 24.3 Å². The summed E-state index contributed by atoms with van der Waals surface area (Å²) in [7, 11) is 0. The van der Waals surface area contributed by atoms with E-state index < -0.39 is 37.3 Å². The van der Waals surface area contributed by atoms with Crippen molar-refractivity contribution >= 4 is 11.6 Å². The molecular weight excluding hydrogens is 356 g/mol. The molecule has 1 fully saturated rings. The number of ether oxygens (including phenoxy) is 3. The Morgan fingerprint density at radius 3 is 2.59 bits per heavy atom. The van der Waals surface area contributed by atoms with Gasteiger partial charge in [0.25, 0.3) is 0 Å². The van der Waals surface area contributed by atoms with Gasteiger partial charge in [-0.1, -0.05) is 13.3 Å². The van der Waals surface area contributed by atoms with Crippen LogP contribution < -0.4 is 15.8 Å². The maximum absolute atomic E-state index is 11.8. The molecule has 9 heteroatoms. The van der Waals surface area contributed by atoms with Crippen LogP contribution in [0.15, 0.2) is 24.3 Å². The minimum atomic E-state index is -1.37. The standard InChI is InChI=1S/C18H28N2O7/c1-2-3-8-20-14(22)10-25-17-15(23)13(9-21)27-18(16(17)24)26-12-6-4-11(19)5-7-12/h4-7,13,15-18,21,23-24H,2-3,8-10,19H2,1H3,(H,20,22)/t13-,15+,16-,17+,18-/m1/s1. The molecule has 27 heavy (non-hydrogen) atoms. The molecule has 1 amide bonds. The van der Waals surface area contributed by atoms with Crippen LogP contribution in [0.5, 0.6) is 5.75 Å². The van der Waals surface area contributed by atoms with E-state index >= 15 is 0 Å². The molecule has 1 aromatic carbocycles. The summed E-state index contributed by atoms with van der Waals surface area (Å²) < 4.78 is 16.4. The lowest BCUT2D eigenvalue weighted by Gasteiger charge is -2.41. The van der Waals surface area contributed by atoms with E-state index in [-0.39, 0.29) is 12.5 Å². The van der Waals surface area contributed by atoms with Crippen molar-refractivity contribution in [1.82, 2.24) is 5.32 Å². The number of rotatable bonds is 9. The molecule has 6 N–H and O–H groups in total. The van der Waals surface area contributed by atoms with Gasteiger partial charge in [-0.05, 0) is 30.7 Å². The Kier molecular flexibility index (Phi) is 8.26. The summed E-state index contributed by atoms with van der Waals surface area (Å²) in [4.78, 5) is 11.8. The van der Waals surface area contributed by atoms with Crippen LogP contribution in [0.4, 0.5) is 5.69 Å². The van der Waals surface area contributed by atoms with Crippen LogP contribution in [0.25, 0.3) is 0 Å². The van der Waals surface area contributed by atoms with Crippen molar-refractivity contribution in [2.45, 2.75) is 50.5 Å². The smallest absolute Gasteiger partial charge is 0.246 e. The molecule has 1 heterocycles. The minimum Gasteiger partial charge on any atom is -0.462 e. The van der Waals surface area contributed by atoms with Gasteiger partial charge in [0.15, 0.2) is 0 Å². The maximum atomic E-state index is 11.8. The topological polar surface area (TPSA) is 144 Å². The summed E-state index contributed by atoms with van der Waals surface area (Å²) in [5.41, 5.74) is 6.17. The number of carbonyl (C=O) groups excluding carboxylic acids is 1. The molecule has 0 aromatic heterocycles. The first kappa shape index (κ1) is 21.4. The van der Waals surface area contributed by atoms with E-state index in [2.05, 4.69) is 5.32 Å². The zero-order chi connectivity index (χ0) is 19.8. The number of anilines is 1. The molecule has 0 aliphatic carbocycles. The minimum absolute atomic E-state index is 0.338. The van der Waals surface area contributed by atoms with Crippen LogP contribution in [-0.4, -0.2) is 71.7 Å². The average Bonchev–Trinajstić information content (AvgIpc) is 2.66. The van der Waals surface area contributed by atoms with Gasteiger partial charge in [0, 0.05) is 12.2 Å². The number of unbranched alkanes of at least 4 members (excludes halogenated alkanes) is 1. The number of aliphatic hydroxyl groups is 3. The molecule has 0 unspecified atom stereocenters. The number of benzene rings is 1. The van der Waals surface area contributed by atoms with Crippen molar-refractivity contribution in [3.8, 4) is 5.75 Å². The zero-order valence-corrected chi connectivity index (χ0v) is 15.3. The summed E-state index contributed by atoms with van der Waals surface area (Å²) in [5, 5.41) is 32.9. The lowest BCUT2D eigenvalue weighted by atomic mass is 9.99. The van der Waals surface area contributed by atoms with Gasteiger partial charge in [-0.25, -0.2) is 0 Å². The molecular formula is C18H28N2O7. The third-order valence-electron chi connectivity index (χ3n) is 4.21. The number of nitrogens with one attached hydrogen (secondary N) is 1. The van der Waals surface area contributed by atoms with Gasteiger partial charge in [0.2, 0.25) is 12.2 Å². The lowest BCUT2D eigenvalue weighted by Crippen LogP contribution is -2.61. The lowest BCUT2D eigenvalue weighted by molar-refractivity contribution is -0.284. The first-order valence-electron chi connectivity index (χ1n) is 8.99. The number of amides is 1. The number of hydrogen-bond acceptors (Lipinski definition) is 8. The predicted octanol–water partition coefficient (Wildman–Crippen LogP) is -0.612. The molecule has 1 aromatic rings. The summed E-state index contributed by atoms with van der Waals surface area (Å²) in [6, 6.07) is 6.44. The summed E-state index contributed by atoms with van der Waals surface area (Å²) in [6.45, 7) is 1.70. The normalized spacial score (nSPS) is 27.9. The van der Waals surface area contributed by atoms with Crippen LogP contribution in [0.3, 0.4) is 0 Å². The van der Waals surface area contributed by atoms with Crippen LogP contribution in [0.2, 0.25) is 0 Å². The Morgan fingerprint density at radius 2 is 1.96 bits per heavy atom. The zero-order valence-electron chi connectivity index (χ0n) is 15.3. The first-order valence-corrected chi connectivity index (χ1v) is 8.99. The van der Waals surface area contributed by atoms with Crippen molar-refractivity contribution in [2.24, 2.45) is 0 Å². The number of hydrogen-bond donors (Lipinski definition) is 5. The molecule has 152 valence electrons. The Bertz CT molecular complexity index is 584. The fraction of sp³-hybridized carbons (Fsp3) is 0.611. The highest BCUT2D eigenvalue weighted by Crippen LogP contribution is 2.26. The molecule has 0 radical (unpaired) electrons. The number of nitrogen functional groups attached to an aromatic ring is 1. The van der Waals surface area contributed by atoms with Gasteiger partial charge in [-0.2, -0.15) is 0 Å². The Morgan fingerprint density at radius 1 is 1.26 bits per heavy atom. The van der Waals surface area contributed by atoms with Crippen LogP contribution in [-0.2, 0) is 14.3 Å².